The van der Waals surface area contributed by atoms with E-state index in [1.165, 1.54) is 48.3 Å². The molecule has 3 heteroatoms. The van der Waals surface area contributed by atoms with E-state index in [4.69, 9.17) is 0 Å². The maximum atomic E-state index is 4.09. The predicted molar refractivity (Wildman–Crippen MR) is 122 cm³/mol. The highest BCUT2D eigenvalue weighted by Gasteiger charge is 2.18. The van der Waals surface area contributed by atoms with E-state index in [9.17, 15) is 0 Å². The van der Waals surface area contributed by atoms with Gasteiger partial charge in [-0.1, -0.05) is 38.6 Å². The van der Waals surface area contributed by atoms with Gasteiger partial charge in [0.05, 0.1) is 0 Å². The van der Waals surface area contributed by atoms with Gasteiger partial charge in [0.1, 0.15) is 0 Å². The molecule has 0 radical (unpaired) electrons. The van der Waals surface area contributed by atoms with Crippen molar-refractivity contribution in [3.05, 3.63) is 53.8 Å². The topological polar surface area (TPSA) is 18.8 Å². The summed E-state index contributed by atoms with van der Waals surface area (Å²) in [4.78, 5) is 8.82. The third kappa shape index (κ3) is 6.57. The Balaban J connectivity index is 0.000000252. The smallest absolute Gasteiger partial charge is 0.0410 e. The fourth-order valence-electron chi connectivity index (χ4n) is 3.67. The van der Waals surface area contributed by atoms with Gasteiger partial charge in [-0.25, -0.2) is 0 Å². The van der Waals surface area contributed by atoms with Crippen molar-refractivity contribution < 1.29 is 0 Å². The molecule has 0 amide bonds. The molecule has 0 fully saturated rings. The minimum atomic E-state index is 0.545. The number of para-hydroxylation sites is 1. The van der Waals surface area contributed by atoms with Crippen LogP contribution in [-0.2, 0) is 6.42 Å². The normalized spacial score (nSPS) is 16.4. The number of benzene rings is 1. The number of rotatable bonds is 3. The Morgan fingerprint density at radius 2 is 1.74 bits per heavy atom. The molecular formula is C24H39N3. The quantitative estimate of drug-likeness (QED) is 0.634. The third-order valence-corrected chi connectivity index (χ3v) is 4.93. The Hall–Kier alpha value is -2.03. The summed E-state index contributed by atoms with van der Waals surface area (Å²) in [5.41, 5.74) is 5.50. The number of nitrogens with zero attached hydrogens (tertiary/aromatic N) is 3. The van der Waals surface area contributed by atoms with Gasteiger partial charge in [0.15, 0.2) is 0 Å². The number of anilines is 1. The highest BCUT2D eigenvalue weighted by atomic mass is 15.2. The number of hydrogen-bond acceptors (Lipinski definition) is 3. The lowest BCUT2D eigenvalue weighted by molar-refractivity contribution is 0.274. The van der Waals surface area contributed by atoms with Crippen molar-refractivity contribution in [2.75, 3.05) is 32.1 Å². The van der Waals surface area contributed by atoms with Gasteiger partial charge in [-0.3, -0.25) is 4.99 Å². The number of fused-ring (bicyclic) bond motifs is 1. The molecule has 3 rings (SSSR count). The number of aryl methyl sites for hydroxylation is 1. The van der Waals surface area contributed by atoms with Crippen LogP contribution in [0.4, 0.5) is 5.69 Å². The van der Waals surface area contributed by atoms with E-state index in [-0.39, 0.29) is 0 Å². The Morgan fingerprint density at radius 1 is 1.07 bits per heavy atom. The molecule has 0 saturated heterocycles. The first kappa shape index (κ1) is 23.0. The monoisotopic (exact) mass is 369 g/mol. The molecule has 0 saturated carbocycles. The SMILES string of the molecule is C=CC1=C(C=NC)CCCN1C(C)C.CC.CN1CCCc2ccccc21. The summed E-state index contributed by atoms with van der Waals surface area (Å²) in [5, 5.41) is 0. The molecule has 150 valence electrons. The van der Waals surface area contributed by atoms with Crippen LogP contribution in [0.15, 0.2) is 53.2 Å². The van der Waals surface area contributed by atoms with Gasteiger partial charge in [0.25, 0.3) is 0 Å². The van der Waals surface area contributed by atoms with E-state index in [2.05, 4.69) is 66.5 Å². The average molecular weight is 370 g/mol. The second-order valence-corrected chi connectivity index (χ2v) is 7.05. The fraction of sp³-hybridized carbons (Fsp3) is 0.542. The van der Waals surface area contributed by atoms with Crippen LogP contribution in [0, 0.1) is 0 Å². The van der Waals surface area contributed by atoms with Crippen molar-refractivity contribution in [3.63, 3.8) is 0 Å². The Morgan fingerprint density at radius 3 is 2.33 bits per heavy atom. The van der Waals surface area contributed by atoms with E-state index < -0.39 is 0 Å². The zero-order valence-electron chi connectivity index (χ0n) is 18.3. The van der Waals surface area contributed by atoms with E-state index in [1.807, 2.05) is 33.2 Å². The van der Waals surface area contributed by atoms with Crippen LogP contribution in [0.25, 0.3) is 0 Å². The van der Waals surface area contributed by atoms with Crippen LogP contribution < -0.4 is 4.90 Å². The summed E-state index contributed by atoms with van der Waals surface area (Å²) >= 11 is 0. The van der Waals surface area contributed by atoms with Crippen molar-refractivity contribution in [2.45, 2.75) is 59.4 Å². The van der Waals surface area contributed by atoms with Gasteiger partial charge in [-0.15, -0.1) is 0 Å². The number of allylic oxidation sites excluding steroid dienone is 2. The molecule has 2 heterocycles. The lowest BCUT2D eigenvalue weighted by atomic mass is 10.0. The van der Waals surface area contributed by atoms with Crippen LogP contribution in [0.5, 0.6) is 0 Å². The van der Waals surface area contributed by atoms with Gasteiger partial charge in [-0.2, -0.15) is 0 Å². The maximum Gasteiger partial charge on any atom is 0.0410 e. The second kappa shape index (κ2) is 12.4. The van der Waals surface area contributed by atoms with Gasteiger partial charge in [-0.05, 0) is 62.8 Å². The maximum absolute atomic E-state index is 4.09. The zero-order chi connectivity index (χ0) is 20.2. The first-order valence-electron chi connectivity index (χ1n) is 10.4. The summed E-state index contributed by atoms with van der Waals surface area (Å²) in [5.74, 6) is 0. The first-order chi connectivity index (χ1) is 13.1. The number of aliphatic imine (C=N–C) groups is 1. The Kier molecular flexibility index (Phi) is 10.5. The summed E-state index contributed by atoms with van der Waals surface area (Å²) in [7, 11) is 3.99. The van der Waals surface area contributed by atoms with Crippen LogP contribution in [0.3, 0.4) is 0 Å². The molecule has 27 heavy (non-hydrogen) atoms. The molecule has 2 aliphatic rings. The molecule has 2 aliphatic heterocycles. The molecule has 0 aromatic heterocycles. The first-order valence-corrected chi connectivity index (χ1v) is 10.4. The van der Waals surface area contributed by atoms with Crippen molar-refractivity contribution in [1.82, 2.24) is 4.90 Å². The van der Waals surface area contributed by atoms with Crippen LogP contribution in [0.1, 0.15) is 52.5 Å². The predicted octanol–water partition coefficient (Wildman–Crippen LogP) is 5.73. The van der Waals surface area contributed by atoms with Crippen LogP contribution >= 0.6 is 0 Å². The molecule has 0 aliphatic carbocycles. The van der Waals surface area contributed by atoms with Gasteiger partial charge in [0, 0.05) is 50.8 Å². The molecule has 0 atom stereocenters. The lowest BCUT2D eigenvalue weighted by Crippen LogP contribution is -2.34. The molecule has 0 bridgehead atoms. The third-order valence-electron chi connectivity index (χ3n) is 4.93. The molecule has 0 unspecified atom stereocenters. The lowest BCUT2D eigenvalue weighted by Gasteiger charge is -2.34. The Labute approximate surface area is 167 Å². The summed E-state index contributed by atoms with van der Waals surface area (Å²) in [6, 6.07) is 9.21. The highest BCUT2D eigenvalue weighted by Crippen LogP contribution is 2.25. The number of hydrogen-bond donors (Lipinski definition) is 0. The fourth-order valence-corrected chi connectivity index (χ4v) is 3.67. The molecule has 0 spiro atoms. The van der Waals surface area contributed by atoms with Crippen LogP contribution in [0.2, 0.25) is 0 Å². The van der Waals surface area contributed by atoms with Crippen molar-refractivity contribution >= 4 is 11.9 Å². The van der Waals surface area contributed by atoms with Crippen molar-refractivity contribution in [2.24, 2.45) is 4.99 Å². The summed E-state index contributed by atoms with van der Waals surface area (Å²) in [6.07, 6.45) is 8.81. The molecule has 3 nitrogen and oxygen atoms in total. The highest BCUT2D eigenvalue weighted by molar-refractivity contribution is 5.80. The minimum absolute atomic E-state index is 0.545. The van der Waals surface area contributed by atoms with Gasteiger partial charge >= 0.3 is 0 Å². The average Bonchev–Trinajstić information content (AvgIpc) is 2.70. The summed E-state index contributed by atoms with van der Waals surface area (Å²) < 4.78 is 0. The van der Waals surface area contributed by atoms with Gasteiger partial charge < -0.3 is 9.80 Å². The standard InChI is InChI=1S/C12H20N2.C10H13N.C2H6/c1-5-12-11(9-13-4)7-6-8-14(12)10(2)3;1-11-8-4-6-9-5-2-3-7-10(9)11;1-2/h5,9-10H,1,6-8H2,2-4H3;2-3,5,7H,4,6,8H2,1H3;1-2H3. The van der Waals surface area contributed by atoms with Gasteiger partial charge in [0.2, 0.25) is 0 Å². The van der Waals surface area contributed by atoms with E-state index in [0.29, 0.717) is 6.04 Å². The molecule has 1 aromatic rings. The van der Waals surface area contributed by atoms with E-state index in [0.717, 1.165) is 13.0 Å². The largest absolute Gasteiger partial charge is 0.374 e. The Bertz CT molecular complexity index is 628. The van der Waals surface area contributed by atoms with Crippen molar-refractivity contribution in [3.8, 4) is 0 Å². The molecular weight excluding hydrogens is 330 g/mol. The molecule has 0 N–H and O–H groups in total. The zero-order valence-corrected chi connectivity index (χ0v) is 18.3. The van der Waals surface area contributed by atoms with Crippen LogP contribution in [-0.4, -0.2) is 44.3 Å². The van der Waals surface area contributed by atoms with Crippen molar-refractivity contribution in [1.29, 1.82) is 0 Å². The summed E-state index contributed by atoms with van der Waals surface area (Å²) in [6.45, 7) is 14.7. The minimum Gasteiger partial charge on any atom is -0.374 e. The molecule has 1 aromatic carbocycles. The second-order valence-electron chi connectivity index (χ2n) is 7.05. The van der Waals surface area contributed by atoms with E-state index >= 15 is 0 Å². The van der Waals surface area contributed by atoms with E-state index in [1.54, 1.807) is 0 Å².